The highest BCUT2D eigenvalue weighted by Gasteiger charge is 2.12. The molecule has 0 saturated carbocycles. The first-order valence-corrected chi connectivity index (χ1v) is 7.45. The molecule has 0 aliphatic rings. The van der Waals surface area contributed by atoms with Gasteiger partial charge in [0, 0.05) is 0 Å². The van der Waals surface area contributed by atoms with Crippen LogP contribution in [0, 0.1) is 11.3 Å². The molecular weight excluding hydrogens is 340 g/mol. The third-order valence-corrected chi connectivity index (χ3v) is 3.07. The van der Waals surface area contributed by atoms with E-state index in [9.17, 15) is 9.59 Å². The first-order chi connectivity index (χ1) is 12.6. The molecule has 2 rings (SSSR count). The van der Waals surface area contributed by atoms with E-state index < -0.39 is 11.8 Å². The molecule has 9 nitrogen and oxygen atoms in total. The van der Waals surface area contributed by atoms with Crippen molar-refractivity contribution < 1.29 is 23.5 Å². The first kappa shape index (κ1) is 18.5. The second kappa shape index (κ2) is 9.48. The van der Waals surface area contributed by atoms with Crippen molar-refractivity contribution >= 4 is 18.0 Å². The summed E-state index contributed by atoms with van der Waals surface area (Å²) in [5.41, 5.74) is 2.72. The molecule has 2 aromatic rings. The van der Waals surface area contributed by atoms with Gasteiger partial charge in [-0.2, -0.15) is 10.4 Å². The lowest BCUT2D eigenvalue weighted by atomic mass is 10.2. The van der Waals surface area contributed by atoms with Crippen molar-refractivity contribution in [2.45, 2.75) is 6.54 Å². The number of carbonyl (C=O) groups excluding carboxylic acids is 2. The summed E-state index contributed by atoms with van der Waals surface area (Å²) in [6, 6.07) is 10.1. The molecule has 0 aliphatic heterocycles. The lowest BCUT2D eigenvalue weighted by molar-refractivity contribution is -0.139. The Morgan fingerprint density at radius 3 is 2.85 bits per heavy atom. The second-order valence-electron chi connectivity index (χ2n) is 4.82. The number of hydrazone groups is 1. The molecule has 0 atom stereocenters. The predicted molar refractivity (Wildman–Crippen MR) is 90.4 cm³/mol. The van der Waals surface area contributed by atoms with Crippen molar-refractivity contribution in [3.05, 3.63) is 47.9 Å². The molecule has 0 radical (unpaired) electrons. The molecule has 0 aliphatic carbocycles. The first-order valence-electron chi connectivity index (χ1n) is 7.45. The smallest absolute Gasteiger partial charge is 0.329 e. The van der Waals surface area contributed by atoms with Crippen LogP contribution in [0.25, 0.3) is 0 Å². The number of benzene rings is 1. The number of nitrogens with one attached hydrogen (secondary N) is 2. The molecule has 0 unspecified atom stereocenters. The summed E-state index contributed by atoms with van der Waals surface area (Å²) in [5, 5.41) is 14.7. The predicted octanol–water partition coefficient (Wildman–Crippen LogP) is 0.957. The Kier molecular flexibility index (Phi) is 6.76. The highest BCUT2D eigenvalue weighted by molar-refractivity contribution is 6.35. The summed E-state index contributed by atoms with van der Waals surface area (Å²) in [6.07, 6.45) is 2.81. The van der Waals surface area contributed by atoms with Gasteiger partial charge in [0.05, 0.1) is 26.1 Å². The molecule has 9 heteroatoms. The van der Waals surface area contributed by atoms with Gasteiger partial charge in [0.25, 0.3) is 0 Å². The van der Waals surface area contributed by atoms with Crippen LogP contribution in [0.5, 0.6) is 11.5 Å². The van der Waals surface area contributed by atoms with Gasteiger partial charge in [-0.15, -0.1) is 0 Å². The van der Waals surface area contributed by atoms with Gasteiger partial charge < -0.3 is 19.2 Å². The van der Waals surface area contributed by atoms with E-state index in [1.165, 1.54) is 19.6 Å². The second-order valence-corrected chi connectivity index (χ2v) is 4.82. The molecule has 26 heavy (non-hydrogen) atoms. The van der Waals surface area contributed by atoms with Crippen LogP contribution in [0.3, 0.4) is 0 Å². The zero-order valence-electron chi connectivity index (χ0n) is 13.9. The van der Waals surface area contributed by atoms with E-state index in [0.29, 0.717) is 22.8 Å². The lowest BCUT2D eigenvalue weighted by Crippen LogP contribution is -2.37. The van der Waals surface area contributed by atoms with Gasteiger partial charge in [0.1, 0.15) is 11.8 Å². The van der Waals surface area contributed by atoms with Crippen molar-refractivity contribution in [3.8, 4) is 17.6 Å². The normalized spacial score (nSPS) is 10.2. The van der Waals surface area contributed by atoms with Crippen molar-refractivity contribution in [1.82, 2.24) is 10.7 Å². The summed E-state index contributed by atoms with van der Waals surface area (Å²) in [5.74, 6) is -0.398. The van der Waals surface area contributed by atoms with E-state index in [0.717, 1.165) is 0 Å². The van der Waals surface area contributed by atoms with Crippen molar-refractivity contribution in [1.29, 1.82) is 5.26 Å². The van der Waals surface area contributed by atoms with Crippen LogP contribution in [0.15, 0.2) is 46.1 Å². The Hall–Kier alpha value is -3.80. The van der Waals surface area contributed by atoms with Gasteiger partial charge in [0.2, 0.25) is 0 Å². The number of amides is 2. The number of carbonyl (C=O) groups is 2. The van der Waals surface area contributed by atoms with Crippen LogP contribution < -0.4 is 20.2 Å². The number of nitriles is 1. The quantitative estimate of drug-likeness (QED) is 0.432. The Morgan fingerprint density at radius 1 is 1.31 bits per heavy atom. The van der Waals surface area contributed by atoms with Gasteiger partial charge in [-0.1, -0.05) is 0 Å². The maximum Gasteiger partial charge on any atom is 0.329 e. The van der Waals surface area contributed by atoms with E-state index in [2.05, 4.69) is 15.8 Å². The minimum atomic E-state index is -0.909. The Morgan fingerprint density at radius 2 is 2.15 bits per heavy atom. The van der Waals surface area contributed by atoms with Crippen LogP contribution in [0.2, 0.25) is 0 Å². The van der Waals surface area contributed by atoms with Gasteiger partial charge in [0.15, 0.2) is 18.1 Å². The number of nitrogens with zero attached hydrogens (tertiary/aromatic N) is 2. The SMILES string of the molecule is COc1cc(/C=N\NC(=O)C(=O)NCc2ccco2)ccc1OCC#N. The van der Waals surface area contributed by atoms with Crippen LogP contribution in [-0.2, 0) is 16.1 Å². The zero-order valence-corrected chi connectivity index (χ0v) is 13.9. The molecular formula is C17H16N4O5. The van der Waals surface area contributed by atoms with E-state index in [4.69, 9.17) is 19.2 Å². The summed E-state index contributed by atoms with van der Waals surface area (Å²) < 4.78 is 15.4. The van der Waals surface area contributed by atoms with Gasteiger partial charge in [-0.05, 0) is 35.9 Å². The Bertz CT molecular complexity index is 824. The number of hydrogen-bond acceptors (Lipinski definition) is 7. The van der Waals surface area contributed by atoms with Gasteiger partial charge in [-0.25, -0.2) is 5.43 Å². The van der Waals surface area contributed by atoms with Crippen LogP contribution in [0.4, 0.5) is 0 Å². The highest BCUT2D eigenvalue weighted by Crippen LogP contribution is 2.27. The van der Waals surface area contributed by atoms with Crippen molar-refractivity contribution in [3.63, 3.8) is 0 Å². The Balaban J connectivity index is 1.87. The average molecular weight is 356 g/mol. The summed E-state index contributed by atoms with van der Waals surface area (Å²) in [6.45, 7) is -0.00268. The third kappa shape index (κ3) is 5.38. The van der Waals surface area contributed by atoms with Crippen LogP contribution in [0.1, 0.15) is 11.3 Å². The fourth-order valence-corrected chi connectivity index (χ4v) is 1.87. The summed E-state index contributed by atoms with van der Waals surface area (Å²) in [7, 11) is 1.46. The molecule has 134 valence electrons. The molecule has 1 aromatic carbocycles. The average Bonchev–Trinajstić information content (AvgIpc) is 3.18. The van der Waals surface area contributed by atoms with E-state index in [1.807, 2.05) is 6.07 Å². The standard InChI is InChI=1S/C17H16N4O5/c1-24-15-9-12(4-5-14(15)26-8-6-18)10-20-21-17(23)16(22)19-11-13-3-2-7-25-13/h2-5,7,9-10H,8,11H2,1H3,(H,19,22)(H,21,23)/b20-10-. The molecule has 2 N–H and O–H groups in total. The lowest BCUT2D eigenvalue weighted by Gasteiger charge is -2.08. The molecule has 0 bridgehead atoms. The van der Waals surface area contributed by atoms with Crippen LogP contribution in [-0.4, -0.2) is 31.7 Å². The molecule has 0 spiro atoms. The molecule has 2 amide bonds. The Labute approximate surface area is 149 Å². The molecule has 1 heterocycles. The van der Waals surface area contributed by atoms with Gasteiger partial charge in [-0.3, -0.25) is 9.59 Å². The molecule has 0 fully saturated rings. The highest BCUT2D eigenvalue weighted by atomic mass is 16.5. The monoisotopic (exact) mass is 356 g/mol. The van der Waals surface area contributed by atoms with Crippen molar-refractivity contribution in [2.24, 2.45) is 5.10 Å². The molecule has 1 aromatic heterocycles. The van der Waals surface area contributed by atoms with Crippen LogP contribution >= 0.6 is 0 Å². The van der Waals surface area contributed by atoms with Crippen molar-refractivity contribution in [2.75, 3.05) is 13.7 Å². The summed E-state index contributed by atoms with van der Waals surface area (Å²) >= 11 is 0. The third-order valence-electron chi connectivity index (χ3n) is 3.07. The number of methoxy groups -OCH3 is 1. The maximum absolute atomic E-state index is 11.6. The molecule has 0 saturated heterocycles. The fraction of sp³-hybridized carbons (Fsp3) is 0.176. The maximum atomic E-state index is 11.6. The topological polar surface area (TPSA) is 126 Å². The summed E-state index contributed by atoms with van der Waals surface area (Å²) in [4.78, 5) is 23.3. The number of ether oxygens (including phenoxy) is 2. The minimum absolute atomic E-state index is 0.102. The largest absolute Gasteiger partial charge is 0.493 e. The fourth-order valence-electron chi connectivity index (χ4n) is 1.87. The van der Waals surface area contributed by atoms with E-state index in [-0.39, 0.29) is 13.2 Å². The van der Waals surface area contributed by atoms with E-state index in [1.54, 1.807) is 30.3 Å². The zero-order chi connectivity index (χ0) is 18.8. The number of rotatable bonds is 7. The number of furan rings is 1. The number of hydrogen-bond donors (Lipinski definition) is 2. The van der Waals surface area contributed by atoms with Gasteiger partial charge >= 0.3 is 11.8 Å². The minimum Gasteiger partial charge on any atom is -0.493 e. The van der Waals surface area contributed by atoms with E-state index >= 15 is 0 Å².